The van der Waals surface area contributed by atoms with Gasteiger partial charge in [0.25, 0.3) is 0 Å². The Bertz CT molecular complexity index is 828. The first-order chi connectivity index (χ1) is 11.7. The van der Waals surface area contributed by atoms with Gasteiger partial charge in [0.1, 0.15) is 5.03 Å². The normalized spacial score (nSPS) is 12.1. The lowest BCUT2D eigenvalue weighted by molar-refractivity contribution is 0.108. The molecule has 1 heterocycles. The van der Waals surface area contributed by atoms with Crippen molar-refractivity contribution in [1.29, 1.82) is 0 Å². The Balaban J connectivity index is 2.06. The number of hydrogen-bond acceptors (Lipinski definition) is 6. The van der Waals surface area contributed by atoms with Crippen LogP contribution in [0.2, 0.25) is 0 Å². The van der Waals surface area contributed by atoms with Crippen LogP contribution in [0.3, 0.4) is 0 Å². The minimum absolute atomic E-state index is 0.00169. The fourth-order valence-electron chi connectivity index (χ4n) is 1.99. The molecule has 0 spiro atoms. The van der Waals surface area contributed by atoms with E-state index in [1.54, 1.807) is 48.7 Å². The zero-order valence-electron chi connectivity index (χ0n) is 14.4. The molecule has 1 aromatic carbocycles. The third kappa shape index (κ3) is 6.17. The molecule has 0 fully saturated rings. The van der Waals surface area contributed by atoms with E-state index in [2.05, 4.69) is 4.98 Å². The van der Waals surface area contributed by atoms with Gasteiger partial charge in [-0.25, -0.2) is 13.4 Å². The van der Waals surface area contributed by atoms with Crippen molar-refractivity contribution < 1.29 is 13.2 Å². The van der Waals surface area contributed by atoms with E-state index >= 15 is 0 Å². The lowest BCUT2D eigenvalue weighted by Gasteiger charge is -2.16. The van der Waals surface area contributed by atoms with Crippen LogP contribution in [0.1, 0.15) is 31.1 Å². The standard InChI is InChI=1S/C18H21NO3S3/c1-18(2,3)24-17(20)15-10-7-11-19-16(15)23-12-13-25(21,22)14-8-5-4-6-9-14/h4-11H,12-13H2,1-3H3. The maximum Gasteiger partial charge on any atom is 0.222 e. The molecule has 25 heavy (non-hydrogen) atoms. The first-order valence-corrected chi connectivity index (χ1v) is 11.2. The van der Waals surface area contributed by atoms with Crippen LogP contribution in [0.15, 0.2) is 58.6 Å². The maximum atomic E-state index is 12.5. The summed E-state index contributed by atoms with van der Waals surface area (Å²) in [4.78, 5) is 17.0. The third-order valence-electron chi connectivity index (χ3n) is 3.08. The van der Waals surface area contributed by atoms with Crippen molar-refractivity contribution in [2.75, 3.05) is 11.5 Å². The molecule has 2 rings (SSSR count). The molecule has 4 nitrogen and oxygen atoms in total. The molecule has 0 N–H and O–H groups in total. The van der Waals surface area contributed by atoms with Crippen LogP contribution >= 0.6 is 23.5 Å². The minimum atomic E-state index is -3.33. The van der Waals surface area contributed by atoms with Crippen molar-refractivity contribution in [3.05, 3.63) is 54.2 Å². The summed E-state index contributed by atoms with van der Waals surface area (Å²) in [6.45, 7) is 5.93. The molecule has 0 aliphatic heterocycles. The molecule has 2 aromatic rings. The average molecular weight is 396 g/mol. The van der Waals surface area contributed by atoms with Gasteiger partial charge in [-0.3, -0.25) is 4.79 Å². The summed E-state index contributed by atoms with van der Waals surface area (Å²) in [6, 6.07) is 11.8. The van der Waals surface area contributed by atoms with Gasteiger partial charge in [-0.05, 0) is 24.3 Å². The van der Waals surface area contributed by atoms with E-state index in [4.69, 9.17) is 0 Å². The van der Waals surface area contributed by atoms with Gasteiger partial charge in [-0.1, -0.05) is 50.7 Å². The number of aromatic nitrogens is 1. The lowest BCUT2D eigenvalue weighted by Crippen LogP contribution is -2.13. The second-order valence-electron chi connectivity index (χ2n) is 6.34. The molecular weight excluding hydrogens is 374 g/mol. The smallest absolute Gasteiger partial charge is 0.222 e. The molecular formula is C18H21NO3S3. The monoisotopic (exact) mass is 395 g/mol. The fraction of sp³-hybridized carbons (Fsp3) is 0.333. The zero-order chi connectivity index (χ0) is 18.5. The van der Waals surface area contributed by atoms with Gasteiger partial charge in [0.05, 0.1) is 16.2 Å². The summed E-state index contributed by atoms with van der Waals surface area (Å²) < 4.78 is 24.5. The molecule has 0 atom stereocenters. The summed E-state index contributed by atoms with van der Waals surface area (Å²) in [5, 5.41) is 0.529. The molecule has 0 saturated carbocycles. The average Bonchev–Trinajstić information content (AvgIpc) is 2.54. The number of hydrogen-bond donors (Lipinski definition) is 0. The molecule has 0 amide bonds. The third-order valence-corrected chi connectivity index (χ3v) is 7.10. The highest BCUT2D eigenvalue weighted by molar-refractivity contribution is 8.15. The lowest BCUT2D eigenvalue weighted by atomic mass is 10.3. The highest BCUT2D eigenvalue weighted by Crippen LogP contribution is 2.31. The van der Waals surface area contributed by atoms with Crippen molar-refractivity contribution in [2.24, 2.45) is 0 Å². The molecule has 0 saturated heterocycles. The number of thioether (sulfide) groups is 2. The van der Waals surface area contributed by atoms with Crippen molar-refractivity contribution in [3.8, 4) is 0 Å². The molecule has 0 aliphatic carbocycles. The fourth-order valence-corrected chi connectivity index (χ4v) is 5.55. The van der Waals surface area contributed by atoms with Crippen molar-refractivity contribution in [3.63, 3.8) is 0 Å². The molecule has 134 valence electrons. The summed E-state index contributed by atoms with van der Waals surface area (Å²) in [7, 11) is -3.33. The van der Waals surface area contributed by atoms with Gasteiger partial charge in [-0.15, -0.1) is 11.8 Å². The van der Waals surface area contributed by atoms with Crippen molar-refractivity contribution in [2.45, 2.75) is 35.4 Å². The minimum Gasteiger partial charge on any atom is -0.281 e. The number of pyridine rings is 1. The number of sulfone groups is 1. The van der Waals surface area contributed by atoms with Gasteiger partial charge in [0.2, 0.25) is 5.12 Å². The second kappa shape index (κ2) is 8.38. The summed E-state index contributed by atoms with van der Waals surface area (Å²) in [6.07, 6.45) is 1.62. The van der Waals surface area contributed by atoms with Crippen LogP contribution in [0, 0.1) is 0 Å². The number of rotatable bonds is 6. The van der Waals surface area contributed by atoms with E-state index in [1.807, 2.05) is 20.8 Å². The Morgan fingerprint density at radius 1 is 1.08 bits per heavy atom. The van der Waals surface area contributed by atoms with E-state index in [0.29, 0.717) is 21.2 Å². The van der Waals surface area contributed by atoms with E-state index in [9.17, 15) is 13.2 Å². The molecule has 0 radical (unpaired) electrons. The van der Waals surface area contributed by atoms with Crippen LogP contribution in [0.4, 0.5) is 0 Å². The summed E-state index contributed by atoms with van der Waals surface area (Å²) in [5.41, 5.74) is 0.532. The Labute approximate surface area is 157 Å². The van der Waals surface area contributed by atoms with Crippen LogP contribution in [-0.4, -0.2) is 34.8 Å². The maximum absolute atomic E-state index is 12.5. The van der Waals surface area contributed by atoms with Crippen molar-refractivity contribution >= 4 is 38.5 Å². The van der Waals surface area contributed by atoms with Crippen LogP contribution < -0.4 is 0 Å². The first kappa shape index (κ1) is 20.0. The largest absolute Gasteiger partial charge is 0.281 e. The van der Waals surface area contributed by atoms with Crippen LogP contribution in [0.5, 0.6) is 0 Å². The van der Waals surface area contributed by atoms with E-state index in [0.717, 1.165) is 0 Å². The van der Waals surface area contributed by atoms with Crippen LogP contribution in [-0.2, 0) is 9.84 Å². The topological polar surface area (TPSA) is 64.1 Å². The quantitative estimate of drug-likeness (QED) is 0.679. The number of carbonyl (C=O) groups excluding carboxylic acids is 1. The van der Waals surface area contributed by atoms with Gasteiger partial charge in [0.15, 0.2) is 9.84 Å². The molecule has 1 aromatic heterocycles. The Morgan fingerprint density at radius 2 is 1.76 bits per heavy atom. The molecule has 7 heteroatoms. The zero-order valence-corrected chi connectivity index (χ0v) is 16.9. The number of benzene rings is 1. The van der Waals surface area contributed by atoms with E-state index in [1.165, 1.54) is 23.5 Å². The SMILES string of the molecule is CC(C)(C)SC(=O)c1cccnc1SCCS(=O)(=O)c1ccccc1. The van der Waals surface area contributed by atoms with Gasteiger partial charge in [-0.2, -0.15) is 0 Å². The van der Waals surface area contributed by atoms with Crippen molar-refractivity contribution in [1.82, 2.24) is 4.98 Å². The number of carbonyl (C=O) groups is 1. The summed E-state index contributed by atoms with van der Waals surface area (Å²) in [5.74, 6) is 0.340. The second-order valence-corrected chi connectivity index (χ2v) is 11.3. The molecule has 0 bridgehead atoms. The van der Waals surface area contributed by atoms with Gasteiger partial charge >= 0.3 is 0 Å². The Hall–Kier alpha value is -1.31. The Kier molecular flexibility index (Phi) is 6.71. The molecule has 0 aliphatic rings. The van der Waals surface area contributed by atoms with Crippen LogP contribution in [0.25, 0.3) is 0 Å². The highest BCUT2D eigenvalue weighted by Gasteiger charge is 2.21. The highest BCUT2D eigenvalue weighted by atomic mass is 32.2. The van der Waals surface area contributed by atoms with E-state index < -0.39 is 9.84 Å². The van der Waals surface area contributed by atoms with Gasteiger partial charge in [0, 0.05) is 16.7 Å². The predicted molar refractivity (Wildman–Crippen MR) is 105 cm³/mol. The van der Waals surface area contributed by atoms with E-state index in [-0.39, 0.29) is 15.6 Å². The number of nitrogens with zero attached hydrogens (tertiary/aromatic N) is 1. The predicted octanol–water partition coefficient (Wildman–Crippen LogP) is 4.32. The summed E-state index contributed by atoms with van der Waals surface area (Å²) >= 11 is 2.55. The first-order valence-electron chi connectivity index (χ1n) is 7.78. The van der Waals surface area contributed by atoms with Gasteiger partial charge < -0.3 is 0 Å². The Morgan fingerprint density at radius 3 is 2.40 bits per heavy atom. The molecule has 0 unspecified atom stereocenters.